The molecule has 4 heterocycles. The zero-order chi connectivity index (χ0) is 47.1. The molecule has 345 valence electrons. The minimum absolute atomic E-state index is 0. The molecule has 0 bridgehead atoms. The average molecular weight is 1080 g/mol. The molecule has 0 atom stereocenters. The fourth-order valence-corrected chi connectivity index (χ4v) is 9.91. The molecule has 4 aromatic heterocycles. The zero-order valence-electron chi connectivity index (χ0n) is 41.3. The predicted octanol–water partition coefficient (Wildman–Crippen LogP) is 16.7. The summed E-state index contributed by atoms with van der Waals surface area (Å²) in [5.41, 5.74) is 15.6. The Morgan fingerprint density at radius 1 is 0.478 bits per heavy atom. The van der Waals surface area contributed by atoms with Crippen LogP contribution in [-0.2, 0) is 32.9 Å². The molecule has 1 radical (unpaired) electrons. The molecule has 0 aliphatic carbocycles. The summed E-state index contributed by atoms with van der Waals surface area (Å²) in [5.74, 6) is 0.480. The Balaban J connectivity index is 0.000000171. The molecule has 4 nitrogen and oxygen atoms in total. The second-order valence-corrected chi connectivity index (χ2v) is 26.3. The minimum Gasteiger partial charge on any atom is -0.456 e. The predicted molar refractivity (Wildman–Crippen MR) is 285 cm³/mol. The maximum absolute atomic E-state index is 6.08. The average Bonchev–Trinajstić information content (AvgIpc) is 3.66. The number of hydrogen-bond acceptors (Lipinski definition) is 4. The first-order valence-electron chi connectivity index (χ1n) is 23.4. The molecule has 0 aliphatic rings. The molecule has 9 aromatic rings. The number of fused-ring (bicyclic) bond motifs is 3. The van der Waals surface area contributed by atoms with E-state index in [-0.39, 0.29) is 20.1 Å². The van der Waals surface area contributed by atoms with Crippen LogP contribution in [-0.4, -0.2) is 23.0 Å². The second-order valence-electron chi connectivity index (χ2n) is 21.3. The van der Waals surface area contributed by atoms with Gasteiger partial charge in [-0.2, -0.15) is 0 Å². The van der Waals surface area contributed by atoms with Gasteiger partial charge in [0.25, 0.3) is 0 Å². The summed E-state index contributed by atoms with van der Waals surface area (Å²) in [7, 11) is -1.36. The van der Waals surface area contributed by atoms with Crippen LogP contribution in [0.3, 0.4) is 0 Å². The summed E-state index contributed by atoms with van der Waals surface area (Å²) in [6.45, 7) is 25.3. The summed E-state index contributed by atoms with van der Waals surface area (Å²) in [4.78, 5) is 13.8. The Kier molecular flexibility index (Phi) is 16.5. The maximum Gasteiger partial charge on any atom is 0.135 e. The molecule has 0 saturated carbocycles. The van der Waals surface area contributed by atoms with Crippen LogP contribution in [0.15, 0.2) is 181 Å². The molecular weight excluding hydrogens is 1010 g/mol. The van der Waals surface area contributed by atoms with Crippen molar-refractivity contribution in [3.05, 3.63) is 193 Å². The number of furan rings is 1. The van der Waals surface area contributed by atoms with Crippen molar-refractivity contribution in [2.45, 2.75) is 93.8 Å². The van der Waals surface area contributed by atoms with Gasteiger partial charge in [0.05, 0.1) is 25.2 Å². The van der Waals surface area contributed by atoms with Crippen molar-refractivity contribution >= 4 is 35.2 Å². The second kappa shape index (κ2) is 21.9. The van der Waals surface area contributed by atoms with Gasteiger partial charge in [-0.05, 0) is 123 Å². The number of hydrogen-bond donors (Lipinski definition) is 0. The third-order valence-electron chi connectivity index (χ3n) is 11.5. The normalized spacial score (nSPS) is 11.6. The standard InChI is InChI=1S/C26H21NO.C19H27NSi.C16H19N.Ir/c1-17(2)19-12-13-27-24(16-19)21-9-11-26-23(15-21)22-14-20(8-10-25(22)28-26)18-6-4-3-5-7-18;1-19(2,3)13-16-12-17(15-10-8-7-9-11-15)20-14-18(16)21(4,5)6;1-16(2,3)12-13-9-10-17-15(11-13)14-7-5-4-6-8-14;/h3-17H,1-2H3;7-12,14H,13H2,1-6H3;4-11H,12H2,1-3H3;. The van der Waals surface area contributed by atoms with E-state index in [1.165, 1.54) is 44.1 Å². The number of nitrogens with zero attached hydrogens (tertiary/aromatic N) is 3. The molecule has 5 aromatic carbocycles. The van der Waals surface area contributed by atoms with Crippen molar-refractivity contribution in [3.63, 3.8) is 0 Å². The van der Waals surface area contributed by atoms with E-state index in [0.29, 0.717) is 16.7 Å². The first-order valence-corrected chi connectivity index (χ1v) is 26.9. The molecule has 0 fully saturated rings. The van der Waals surface area contributed by atoms with Gasteiger partial charge >= 0.3 is 0 Å². The first kappa shape index (κ1) is 50.6. The van der Waals surface area contributed by atoms with E-state index >= 15 is 0 Å². The molecule has 0 unspecified atom stereocenters. The van der Waals surface area contributed by atoms with E-state index in [4.69, 9.17) is 9.40 Å². The van der Waals surface area contributed by atoms with Crippen LogP contribution in [0.1, 0.15) is 78.0 Å². The van der Waals surface area contributed by atoms with Crippen molar-refractivity contribution in [3.8, 4) is 44.9 Å². The molecule has 0 spiro atoms. The summed E-state index contributed by atoms with van der Waals surface area (Å²) in [6.07, 6.45) is 8.12. The van der Waals surface area contributed by atoms with Gasteiger partial charge < -0.3 is 4.42 Å². The Morgan fingerprint density at radius 3 is 1.48 bits per heavy atom. The number of benzene rings is 5. The van der Waals surface area contributed by atoms with Crippen molar-refractivity contribution in [2.24, 2.45) is 10.8 Å². The Bertz CT molecular complexity index is 3000. The fraction of sp³-hybridized carbons (Fsp3) is 0.262. The van der Waals surface area contributed by atoms with Crippen LogP contribution >= 0.6 is 0 Å². The van der Waals surface area contributed by atoms with Gasteiger partial charge in [0.1, 0.15) is 11.2 Å². The van der Waals surface area contributed by atoms with Crippen molar-refractivity contribution in [1.29, 1.82) is 0 Å². The molecule has 0 amide bonds. The van der Waals surface area contributed by atoms with Crippen LogP contribution in [0.2, 0.25) is 19.6 Å². The monoisotopic (exact) mass is 1080 g/mol. The molecule has 9 rings (SSSR count). The van der Waals surface area contributed by atoms with Gasteiger partial charge in [-0.3, -0.25) is 15.0 Å². The van der Waals surface area contributed by atoms with Gasteiger partial charge in [0.15, 0.2) is 0 Å². The van der Waals surface area contributed by atoms with Gasteiger partial charge in [-0.15, -0.1) is 0 Å². The number of pyridine rings is 3. The van der Waals surface area contributed by atoms with Crippen molar-refractivity contribution < 1.29 is 24.5 Å². The van der Waals surface area contributed by atoms with Gasteiger partial charge in [0, 0.05) is 66.2 Å². The van der Waals surface area contributed by atoms with Gasteiger partial charge in [-0.25, -0.2) is 0 Å². The molecule has 0 saturated heterocycles. The van der Waals surface area contributed by atoms with E-state index < -0.39 is 8.07 Å². The molecule has 0 N–H and O–H groups in total. The summed E-state index contributed by atoms with van der Waals surface area (Å²) in [6, 6.07) is 54.9. The molecular formula is C61H67IrN3OSi. The number of rotatable bonds is 8. The zero-order valence-corrected chi connectivity index (χ0v) is 44.7. The molecule has 6 heteroatoms. The smallest absolute Gasteiger partial charge is 0.135 e. The first-order chi connectivity index (χ1) is 31.4. The quantitative estimate of drug-likeness (QED) is 0.142. The Morgan fingerprint density at radius 2 is 0.955 bits per heavy atom. The third-order valence-corrected chi connectivity index (χ3v) is 13.6. The van der Waals surface area contributed by atoms with Crippen LogP contribution in [0.4, 0.5) is 0 Å². The topological polar surface area (TPSA) is 51.8 Å². The third kappa shape index (κ3) is 13.9. The minimum atomic E-state index is -1.36. The van der Waals surface area contributed by atoms with Crippen LogP contribution in [0, 0.1) is 10.8 Å². The van der Waals surface area contributed by atoms with E-state index in [1.54, 1.807) is 0 Å². The van der Waals surface area contributed by atoms with E-state index in [2.05, 4.69) is 225 Å². The molecule has 67 heavy (non-hydrogen) atoms. The fourth-order valence-electron chi connectivity index (χ4n) is 8.33. The Hall–Kier alpha value is -5.78. The summed E-state index contributed by atoms with van der Waals surface area (Å²) in [5, 5.41) is 3.76. The van der Waals surface area contributed by atoms with E-state index in [1.807, 2.05) is 36.7 Å². The van der Waals surface area contributed by atoms with Crippen LogP contribution in [0.25, 0.3) is 66.8 Å². The van der Waals surface area contributed by atoms with E-state index in [0.717, 1.165) is 57.4 Å². The van der Waals surface area contributed by atoms with Crippen molar-refractivity contribution in [1.82, 2.24) is 15.0 Å². The SMILES string of the molecule is CC(C)(C)Cc1cc(-c2ccccc2)ncc1[Si](C)(C)C.CC(C)(C)Cc1ccnc(-c2ccccc2)c1.CC(C)c1ccnc(-c2ccc3oc4ccc(-c5ccccc5)cc4c3c2)c1.[Ir]. The van der Waals surface area contributed by atoms with Crippen LogP contribution in [0.5, 0.6) is 0 Å². The summed E-state index contributed by atoms with van der Waals surface area (Å²) >= 11 is 0. The molecule has 0 aliphatic heterocycles. The Labute approximate surface area is 414 Å². The van der Waals surface area contributed by atoms with Crippen molar-refractivity contribution in [2.75, 3.05) is 0 Å². The largest absolute Gasteiger partial charge is 0.456 e. The maximum atomic E-state index is 6.08. The van der Waals surface area contributed by atoms with Gasteiger partial charge in [0.2, 0.25) is 0 Å². The van der Waals surface area contributed by atoms with E-state index in [9.17, 15) is 0 Å². The summed E-state index contributed by atoms with van der Waals surface area (Å²) < 4.78 is 6.08. The van der Waals surface area contributed by atoms with Gasteiger partial charge in [-0.1, -0.05) is 172 Å². The van der Waals surface area contributed by atoms with Crippen LogP contribution < -0.4 is 5.19 Å². The number of aromatic nitrogens is 3.